The molecule has 0 aliphatic carbocycles. The molecular formula is C23H23BrN4O5. The van der Waals surface area contributed by atoms with Crippen LogP contribution >= 0.6 is 15.9 Å². The van der Waals surface area contributed by atoms with Crippen molar-refractivity contribution < 1.29 is 24.3 Å². The summed E-state index contributed by atoms with van der Waals surface area (Å²) in [5.41, 5.74) is 2.42. The first-order valence-electron chi connectivity index (χ1n) is 10.4. The lowest BCUT2D eigenvalue weighted by Gasteiger charge is -2.19. The van der Waals surface area contributed by atoms with E-state index in [0.717, 1.165) is 22.0 Å². The molecule has 9 nitrogen and oxygen atoms in total. The number of alkyl carbamates (subject to hydrolysis) is 1. The number of carbonyl (C=O) groups is 2. The van der Waals surface area contributed by atoms with E-state index in [0.29, 0.717) is 11.0 Å². The van der Waals surface area contributed by atoms with Gasteiger partial charge in [0.15, 0.2) is 6.10 Å². The van der Waals surface area contributed by atoms with Crippen molar-refractivity contribution in [3.63, 3.8) is 0 Å². The number of nitrogens with zero attached hydrogens (tertiary/aromatic N) is 1. The number of H-pyrrole nitrogens is 1. The van der Waals surface area contributed by atoms with Gasteiger partial charge in [0.1, 0.15) is 23.0 Å². The lowest BCUT2D eigenvalue weighted by molar-refractivity contribution is -0.123. The summed E-state index contributed by atoms with van der Waals surface area (Å²) in [7, 11) is 0. The van der Waals surface area contributed by atoms with E-state index in [1.165, 1.54) is 0 Å². The van der Waals surface area contributed by atoms with Gasteiger partial charge in [0, 0.05) is 29.9 Å². The Kier molecular flexibility index (Phi) is 7.13. The third-order valence-electron chi connectivity index (χ3n) is 5.20. The summed E-state index contributed by atoms with van der Waals surface area (Å²) in [5.74, 6) is -0.267. The number of fused-ring (bicyclic) bond motifs is 1. The molecule has 10 heteroatoms. The molecule has 2 heterocycles. The summed E-state index contributed by atoms with van der Waals surface area (Å²) in [6.07, 6.45) is 1.52. The SMILES string of the molecule is O=C(NC(Cc1c[nH]c2ccc(O)cc12)C(=O)NCC1CC(Br)=NO1)OCc1ccccc1. The van der Waals surface area contributed by atoms with Gasteiger partial charge in [-0.2, -0.15) is 0 Å². The van der Waals surface area contributed by atoms with E-state index in [4.69, 9.17) is 9.57 Å². The third-order valence-corrected chi connectivity index (χ3v) is 5.67. The van der Waals surface area contributed by atoms with Gasteiger partial charge in [-0.1, -0.05) is 35.5 Å². The lowest BCUT2D eigenvalue weighted by Crippen LogP contribution is -2.49. The standard InChI is InChI=1S/C23H23BrN4O5/c24-21-10-17(33-28-21)12-26-22(30)20(27-23(31)32-13-14-4-2-1-3-5-14)8-15-11-25-19-7-6-16(29)9-18(15)19/h1-7,9,11,17,20,25,29H,8,10,12-13H2,(H,26,30)(H,27,31). The summed E-state index contributed by atoms with van der Waals surface area (Å²) in [6.45, 7) is 0.326. The van der Waals surface area contributed by atoms with Crippen LogP contribution in [0.4, 0.5) is 4.79 Å². The van der Waals surface area contributed by atoms with Crippen LogP contribution in [0.15, 0.2) is 59.9 Å². The minimum absolute atomic E-state index is 0.0866. The molecule has 1 aliphatic heterocycles. The van der Waals surface area contributed by atoms with Crippen molar-refractivity contribution in [2.75, 3.05) is 6.54 Å². The highest BCUT2D eigenvalue weighted by Crippen LogP contribution is 2.24. The average molecular weight is 515 g/mol. The number of ether oxygens (including phenoxy) is 1. The number of oxime groups is 1. The third kappa shape index (κ3) is 6.04. The lowest BCUT2D eigenvalue weighted by atomic mass is 10.0. The molecule has 0 saturated carbocycles. The number of aromatic amines is 1. The first-order valence-corrected chi connectivity index (χ1v) is 11.2. The van der Waals surface area contributed by atoms with Gasteiger partial charge in [0.25, 0.3) is 0 Å². The smallest absolute Gasteiger partial charge is 0.408 e. The zero-order valence-electron chi connectivity index (χ0n) is 17.6. The number of halogens is 1. The number of carbonyl (C=O) groups excluding carboxylic acids is 2. The summed E-state index contributed by atoms with van der Waals surface area (Å²) in [6, 6.07) is 13.3. The van der Waals surface area contributed by atoms with Crippen LogP contribution in [0, 0.1) is 0 Å². The Morgan fingerprint density at radius 3 is 2.85 bits per heavy atom. The maximum atomic E-state index is 13.0. The number of aromatic nitrogens is 1. The number of hydrogen-bond acceptors (Lipinski definition) is 6. The molecule has 0 saturated heterocycles. The number of rotatable bonds is 8. The van der Waals surface area contributed by atoms with Crippen LogP contribution in [0.5, 0.6) is 5.75 Å². The molecule has 1 aliphatic rings. The van der Waals surface area contributed by atoms with Crippen molar-refractivity contribution in [1.82, 2.24) is 15.6 Å². The number of amides is 2. The minimum atomic E-state index is -0.902. The van der Waals surface area contributed by atoms with Crippen LogP contribution in [0.2, 0.25) is 0 Å². The summed E-state index contributed by atoms with van der Waals surface area (Å²) in [4.78, 5) is 33.8. The number of benzene rings is 2. The van der Waals surface area contributed by atoms with Crippen molar-refractivity contribution in [1.29, 1.82) is 0 Å². The Hall–Kier alpha value is -3.53. The Bertz CT molecular complexity index is 1160. The van der Waals surface area contributed by atoms with Gasteiger partial charge >= 0.3 is 6.09 Å². The molecule has 0 radical (unpaired) electrons. The number of nitrogens with one attached hydrogen (secondary N) is 3. The second-order valence-corrected chi connectivity index (χ2v) is 8.57. The quantitative estimate of drug-likeness (QED) is 0.367. The molecule has 0 spiro atoms. The van der Waals surface area contributed by atoms with E-state index in [1.807, 2.05) is 30.3 Å². The second kappa shape index (κ2) is 10.4. The fraction of sp³-hybridized carbons (Fsp3) is 0.261. The van der Waals surface area contributed by atoms with E-state index in [9.17, 15) is 14.7 Å². The first-order chi connectivity index (χ1) is 16.0. The summed E-state index contributed by atoms with van der Waals surface area (Å²) in [5, 5.41) is 19.9. The van der Waals surface area contributed by atoms with Gasteiger partial charge < -0.3 is 30.3 Å². The number of phenols is 1. The van der Waals surface area contributed by atoms with Crippen molar-refractivity contribution >= 4 is 43.5 Å². The predicted molar refractivity (Wildman–Crippen MR) is 126 cm³/mol. The Morgan fingerprint density at radius 2 is 2.09 bits per heavy atom. The zero-order valence-corrected chi connectivity index (χ0v) is 19.2. The number of hydrogen-bond donors (Lipinski definition) is 4. The molecule has 33 heavy (non-hydrogen) atoms. The zero-order chi connectivity index (χ0) is 23.2. The van der Waals surface area contributed by atoms with Gasteiger partial charge in [-0.05, 0) is 45.3 Å². The molecular weight excluding hydrogens is 492 g/mol. The molecule has 2 amide bonds. The van der Waals surface area contributed by atoms with Crippen LogP contribution in [0.1, 0.15) is 17.5 Å². The van der Waals surface area contributed by atoms with Gasteiger partial charge in [-0.3, -0.25) is 4.79 Å². The van der Waals surface area contributed by atoms with Gasteiger partial charge in [0.05, 0.1) is 6.54 Å². The molecule has 3 aromatic rings. The van der Waals surface area contributed by atoms with Crippen LogP contribution < -0.4 is 10.6 Å². The van der Waals surface area contributed by atoms with E-state index < -0.39 is 12.1 Å². The highest BCUT2D eigenvalue weighted by atomic mass is 79.9. The molecule has 4 rings (SSSR count). The fourth-order valence-corrected chi connectivity index (χ4v) is 3.96. The normalized spacial score (nSPS) is 16.0. The van der Waals surface area contributed by atoms with E-state index in [-0.39, 0.29) is 37.3 Å². The molecule has 2 atom stereocenters. The maximum absolute atomic E-state index is 13.0. The Labute approximate surface area is 198 Å². The first kappa shape index (κ1) is 22.7. The molecule has 0 bridgehead atoms. The monoisotopic (exact) mass is 514 g/mol. The minimum Gasteiger partial charge on any atom is -0.508 e. The predicted octanol–water partition coefficient (Wildman–Crippen LogP) is 3.32. The van der Waals surface area contributed by atoms with Gasteiger partial charge in [0.2, 0.25) is 5.91 Å². The maximum Gasteiger partial charge on any atom is 0.408 e. The highest BCUT2D eigenvalue weighted by Gasteiger charge is 2.26. The van der Waals surface area contributed by atoms with Crippen molar-refractivity contribution in [3.8, 4) is 5.75 Å². The molecule has 1 aromatic heterocycles. The van der Waals surface area contributed by atoms with Crippen LogP contribution in [-0.4, -0.2) is 45.4 Å². The molecule has 172 valence electrons. The number of aromatic hydroxyl groups is 1. The fourth-order valence-electron chi connectivity index (χ4n) is 3.51. The topological polar surface area (TPSA) is 125 Å². The average Bonchev–Trinajstić information content (AvgIpc) is 3.42. The van der Waals surface area contributed by atoms with Gasteiger partial charge in [-0.25, -0.2) is 4.79 Å². The number of phenolic OH excluding ortho intramolecular Hbond substituents is 1. The largest absolute Gasteiger partial charge is 0.508 e. The van der Waals surface area contributed by atoms with Crippen molar-refractivity contribution in [2.24, 2.45) is 5.16 Å². The van der Waals surface area contributed by atoms with Crippen LogP contribution in [0.3, 0.4) is 0 Å². The second-order valence-electron chi connectivity index (χ2n) is 7.65. The van der Waals surface area contributed by atoms with Crippen molar-refractivity contribution in [2.45, 2.75) is 31.6 Å². The molecule has 2 aromatic carbocycles. The van der Waals surface area contributed by atoms with Crippen LogP contribution in [-0.2, 0) is 27.4 Å². The molecule has 2 unspecified atom stereocenters. The highest BCUT2D eigenvalue weighted by molar-refractivity contribution is 9.18. The van der Waals surface area contributed by atoms with Gasteiger partial charge in [-0.15, -0.1) is 0 Å². The van der Waals surface area contributed by atoms with E-state index in [2.05, 4.69) is 36.7 Å². The Morgan fingerprint density at radius 1 is 1.27 bits per heavy atom. The van der Waals surface area contributed by atoms with E-state index >= 15 is 0 Å². The van der Waals surface area contributed by atoms with Crippen LogP contribution in [0.25, 0.3) is 10.9 Å². The van der Waals surface area contributed by atoms with E-state index in [1.54, 1.807) is 24.4 Å². The van der Waals surface area contributed by atoms with Crippen molar-refractivity contribution in [3.05, 3.63) is 65.9 Å². The Balaban J connectivity index is 1.43. The molecule has 0 fully saturated rings. The molecule has 4 N–H and O–H groups in total. The summed E-state index contributed by atoms with van der Waals surface area (Å²) < 4.78 is 5.98. The summed E-state index contributed by atoms with van der Waals surface area (Å²) >= 11 is 3.27.